The lowest BCUT2D eigenvalue weighted by Crippen LogP contribution is -2.08. The Bertz CT molecular complexity index is 450. The largest absolute Gasteiger partial charge is 0.436 e. The van der Waals surface area contributed by atoms with Crippen LogP contribution in [0.2, 0.25) is 0 Å². The fourth-order valence-electron chi connectivity index (χ4n) is 1.01. The number of halogens is 3. The minimum atomic E-state index is -4.70. The minimum absolute atomic E-state index is 0.264. The van der Waals surface area contributed by atoms with Crippen LogP contribution in [0.4, 0.5) is 19.0 Å². The van der Waals surface area contributed by atoms with E-state index in [1.165, 1.54) is 6.07 Å². The van der Waals surface area contributed by atoms with Gasteiger partial charge in [-0.3, -0.25) is 0 Å². The molecule has 0 radical (unpaired) electrons. The van der Waals surface area contributed by atoms with Crippen molar-refractivity contribution < 1.29 is 13.2 Å². The Labute approximate surface area is 83.0 Å². The van der Waals surface area contributed by atoms with Crippen molar-refractivity contribution >= 4 is 18.7 Å². The number of hydrogen-bond donors (Lipinski definition) is 0. The molecule has 0 aromatic carbocycles. The Morgan fingerprint density at radius 2 is 2.13 bits per heavy atom. The highest BCUT2D eigenvalue weighted by Crippen LogP contribution is 2.35. The Hall–Kier alpha value is -2.10. The Morgan fingerprint density at radius 1 is 1.53 bits per heavy atom. The van der Waals surface area contributed by atoms with Crippen molar-refractivity contribution in [3.05, 3.63) is 17.8 Å². The molecule has 0 aliphatic heterocycles. The van der Waals surface area contributed by atoms with Gasteiger partial charge in [0.15, 0.2) is 11.5 Å². The fraction of sp³-hybridized carbons (Fsp3) is 0.125. The first-order chi connectivity index (χ1) is 6.95. The molecule has 4 nitrogen and oxygen atoms in total. The molecule has 0 atom stereocenters. The first-order valence-electron chi connectivity index (χ1n) is 3.64. The lowest BCUT2D eigenvalue weighted by Gasteiger charge is -2.00. The molecule has 0 spiro atoms. The second-order valence-corrected chi connectivity index (χ2v) is 2.44. The zero-order valence-corrected chi connectivity index (χ0v) is 7.41. The van der Waals surface area contributed by atoms with Crippen LogP contribution in [0.3, 0.4) is 0 Å². The van der Waals surface area contributed by atoms with Gasteiger partial charge in [0.2, 0.25) is 0 Å². The Kier molecular flexibility index (Phi) is 2.61. The van der Waals surface area contributed by atoms with Gasteiger partial charge in [-0.2, -0.15) is 23.5 Å². The van der Waals surface area contributed by atoms with Crippen LogP contribution >= 0.6 is 0 Å². The molecule has 1 rings (SSSR count). The monoisotopic (exact) mass is 214 g/mol. The molecule has 1 aromatic heterocycles. The van der Waals surface area contributed by atoms with E-state index in [1.807, 2.05) is 0 Å². The number of aliphatic imine (C=N–C) groups is 1. The molecule has 7 heteroatoms. The van der Waals surface area contributed by atoms with Crippen molar-refractivity contribution in [2.75, 3.05) is 0 Å². The molecule has 0 fully saturated rings. The van der Waals surface area contributed by atoms with E-state index in [0.29, 0.717) is 0 Å². The third kappa shape index (κ3) is 1.74. The van der Waals surface area contributed by atoms with E-state index in [2.05, 4.69) is 23.4 Å². The highest BCUT2D eigenvalue weighted by molar-refractivity contribution is 5.58. The second kappa shape index (κ2) is 3.57. The van der Waals surface area contributed by atoms with Gasteiger partial charge in [-0.15, -0.1) is 0 Å². The Balaban J connectivity index is 3.56. The summed E-state index contributed by atoms with van der Waals surface area (Å²) in [5.74, 6) is -0.264. The number of hydrogen-bond acceptors (Lipinski definition) is 3. The third-order valence-corrected chi connectivity index (χ3v) is 1.59. The van der Waals surface area contributed by atoms with Gasteiger partial charge in [0.1, 0.15) is 11.6 Å². The van der Waals surface area contributed by atoms with Crippen molar-refractivity contribution in [1.82, 2.24) is 9.78 Å². The standard InChI is InChI=1S/C8H5F3N4/c1-3-15-7(13-2)5(4-12)6(14-15)8(9,10)11/h3H,1-2H2. The van der Waals surface area contributed by atoms with E-state index in [0.717, 1.165) is 10.9 Å². The lowest BCUT2D eigenvalue weighted by molar-refractivity contribution is -0.141. The maximum Gasteiger partial charge on any atom is 0.436 e. The zero-order valence-electron chi connectivity index (χ0n) is 7.41. The molecular formula is C8H5F3N4. The minimum Gasteiger partial charge on any atom is -0.244 e. The summed E-state index contributed by atoms with van der Waals surface area (Å²) in [5, 5.41) is 11.7. The van der Waals surface area contributed by atoms with Crippen LogP contribution in [0, 0.1) is 11.3 Å². The number of nitrogens with zero attached hydrogens (tertiary/aromatic N) is 4. The Morgan fingerprint density at radius 3 is 2.47 bits per heavy atom. The number of rotatable bonds is 2. The molecule has 15 heavy (non-hydrogen) atoms. The van der Waals surface area contributed by atoms with Gasteiger partial charge in [-0.1, -0.05) is 6.58 Å². The smallest absolute Gasteiger partial charge is 0.244 e. The summed E-state index contributed by atoms with van der Waals surface area (Å²) < 4.78 is 37.9. The van der Waals surface area contributed by atoms with Crippen molar-refractivity contribution in [3.63, 3.8) is 0 Å². The maximum absolute atomic E-state index is 12.4. The van der Waals surface area contributed by atoms with E-state index in [-0.39, 0.29) is 5.82 Å². The molecule has 0 unspecified atom stereocenters. The van der Waals surface area contributed by atoms with Crippen LogP contribution in [-0.4, -0.2) is 16.5 Å². The van der Waals surface area contributed by atoms with Crippen LogP contribution in [0.1, 0.15) is 11.3 Å². The normalized spacial score (nSPS) is 10.8. The summed E-state index contributed by atoms with van der Waals surface area (Å²) in [4.78, 5) is 3.30. The van der Waals surface area contributed by atoms with Gasteiger partial charge in [0.25, 0.3) is 0 Å². The van der Waals surface area contributed by atoms with Crippen molar-refractivity contribution in [3.8, 4) is 6.07 Å². The average Bonchev–Trinajstić information content (AvgIpc) is 2.54. The molecule has 1 heterocycles. The highest BCUT2D eigenvalue weighted by Gasteiger charge is 2.39. The second-order valence-electron chi connectivity index (χ2n) is 2.44. The number of nitriles is 1. The van der Waals surface area contributed by atoms with E-state index < -0.39 is 17.4 Å². The van der Waals surface area contributed by atoms with Gasteiger partial charge in [-0.25, -0.2) is 9.67 Å². The molecule has 0 amide bonds. The topological polar surface area (TPSA) is 54.0 Å². The van der Waals surface area contributed by atoms with E-state index in [1.54, 1.807) is 0 Å². The molecule has 0 N–H and O–H groups in total. The molecule has 0 bridgehead atoms. The summed E-state index contributed by atoms with van der Waals surface area (Å²) in [6, 6.07) is 1.39. The van der Waals surface area contributed by atoms with Crippen molar-refractivity contribution in [2.24, 2.45) is 4.99 Å². The number of aromatic nitrogens is 2. The van der Waals surface area contributed by atoms with E-state index >= 15 is 0 Å². The van der Waals surface area contributed by atoms with Gasteiger partial charge in [-0.05, 0) is 6.72 Å². The van der Waals surface area contributed by atoms with Gasteiger partial charge in [0.05, 0.1) is 0 Å². The fourth-order valence-corrected chi connectivity index (χ4v) is 1.01. The average molecular weight is 214 g/mol. The first kappa shape index (κ1) is 11.0. The summed E-state index contributed by atoms with van der Waals surface area (Å²) >= 11 is 0. The van der Waals surface area contributed by atoms with Crippen LogP contribution in [0.5, 0.6) is 0 Å². The lowest BCUT2D eigenvalue weighted by atomic mass is 10.2. The molecule has 0 aliphatic rings. The molecule has 1 aromatic rings. The van der Waals surface area contributed by atoms with Crippen LogP contribution in [-0.2, 0) is 6.18 Å². The predicted octanol–water partition coefficient (Wildman–Crippen LogP) is 2.21. The zero-order chi connectivity index (χ0) is 11.6. The molecule has 0 saturated carbocycles. The summed E-state index contributed by atoms with van der Waals surface area (Å²) in [7, 11) is 0. The molecular weight excluding hydrogens is 209 g/mol. The van der Waals surface area contributed by atoms with Crippen LogP contribution in [0.15, 0.2) is 11.6 Å². The van der Waals surface area contributed by atoms with E-state index in [9.17, 15) is 13.2 Å². The molecule has 78 valence electrons. The highest BCUT2D eigenvalue weighted by atomic mass is 19.4. The summed E-state index contributed by atoms with van der Waals surface area (Å²) in [6.07, 6.45) is -3.68. The van der Waals surface area contributed by atoms with E-state index in [4.69, 9.17) is 5.26 Å². The van der Waals surface area contributed by atoms with Crippen molar-refractivity contribution in [2.45, 2.75) is 6.18 Å². The number of alkyl halides is 3. The first-order valence-corrected chi connectivity index (χ1v) is 3.64. The van der Waals surface area contributed by atoms with Crippen LogP contribution in [0.25, 0.3) is 6.20 Å². The predicted molar refractivity (Wildman–Crippen MR) is 47.5 cm³/mol. The maximum atomic E-state index is 12.4. The molecule has 0 saturated heterocycles. The molecule has 0 aliphatic carbocycles. The van der Waals surface area contributed by atoms with Crippen LogP contribution < -0.4 is 0 Å². The quantitative estimate of drug-likeness (QED) is 0.708. The van der Waals surface area contributed by atoms with Gasteiger partial charge in [0, 0.05) is 6.20 Å². The third-order valence-electron chi connectivity index (χ3n) is 1.59. The van der Waals surface area contributed by atoms with Crippen molar-refractivity contribution in [1.29, 1.82) is 5.26 Å². The summed E-state index contributed by atoms with van der Waals surface area (Å²) in [6.45, 7) is 6.31. The van der Waals surface area contributed by atoms with Gasteiger partial charge >= 0.3 is 6.18 Å². The van der Waals surface area contributed by atoms with Gasteiger partial charge < -0.3 is 0 Å². The summed E-state index contributed by atoms with van der Waals surface area (Å²) in [5.41, 5.74) is -1.94. The SMILES string of the molecule is C=Cn1nc(C(F)(F)F)c(C#N)c1N=C.